The van der Waals surface area contributed by atoms with E-state index in [-0.39, 0.29) is 12.0 Å². The molecule has 0 amide bonds. The van der Waals surface area contributed by atoms with Crippen molar-refractivity contribution in [3.63, 3.8) is 0 Å². The van der Waals surface area contributed by atoms with Crippen molar-refractivity contribution in [2.45, 2.75) is 52.2 Å². The van der Waals surface area contributed by atoms with Crippen LogP contribution in [0.15, 0.2) is 66.0 Å². The Morgan fingerprint density at radius 1 is 1.25 bits per heavy atom. The van der Waals surface area contributed by atoms with Gasteiger partial charge in [-0.05, 0) is 36.0 Å². The molecule has 0 saturated heterocycles. The Morgan fingerprint density at radius 2 is 1.93 bits per heavy atom. The first-order chi connectivity index (χ1) is 13.5. The van der Waals surface area contributed by atoms with Crippen LogP contribution in [0.5, 0.6) is 0 Å². The lowest BCUT2D eigenvalue weighted by molar-refractivity contribution is 0.230. The second-order valence-corrected chi connectivity index (χ2v) is 7.27. The minimum absolute atomic E-state index is 0.0109. The smallest absolute Gasteiger partial charge is 0.123 e. The van der Waals surface area contributed by atoms with Crippen LogP contribution in [0.25, 0.3) is 5.57 Å². The maximum atomic E-state index is 7.74. The van der Waals surface area contributed by atoms with E-state index in [1.165, 1.54) is 11.3 Å². The Hall–Kier alpha value is -2.46. The molecule has 2 rings (SSSR count). The van der Waals surface area contributed by atoms with Crippen molar-refractivity contribution in [1.82, 2.24) is 10.2 Å². The number of nitrogens with zero attached hydrogens (tertiary/aromatic N) is 1. The molecule has 28 heavy (non-hydrogen) atoms. The lowest BCUT2D eigenvalue weighted by Gasteiger charge is -2.29. The molecule has 0 saturated carbocycles. The summed E-state index contributed by atoms with van der Waals surface area (Å²) in [6, 6.07) is 8.30. The van der Waals surface area contributed by atoms with Gasteiger partial charge < -0.3 is 16.0 Å². The summed E-state index contributed by atoms with van der Waals surface area (Å²) in [4.78, 5) is 2.38. The molecule has 1 aromatic rings. The SMILES string of the molecule is C=C/C(C(=N)N)=C(\C=C)c1ccc(CN2C(CC)=C(Cl)NC2CCCC)cc1. The predicted molar refractivity (Wildman–Crippen MR) is 121 cm³/mol. The number of nitrogens with one attached hydrogen (secondary N) is 2. The van der Waals surface area contributed by atoms with E-state index in [0.29, 0.717) is 5.57 Å². The van der Waals surface area contributed by atoms with Crippen molar-refractivity contribution in [3.8, 4) is 0 Å². The molecule has 4 nitrogen and oxygen atoms in total. The van der Waals surface area contributed by atoms with Gasteiger partial charge in [0.15, 0.2) is 0 Å². The highest BCUT2D eigenvalue weighted by molar-refractivity contribution is 6.29. The number of allylic oxidation sites excluding steroid dienone is 3. The third-order valence-corrected chi connectivity index (χ3v) is 5.37. The second-order valence-electron chi connectivity index (χ2n) is 6.89. The fourth-order valence-electron chi connectivity index (χ4n) is 3.55. The summed E-state index contributed by atoms with van der Waals surface area (Å²) in [5.41, 5.74) is 10.4. The number of amidine groups is 1. The number of hydrogen-bond acceptors (Lipinski definition) is 3. The average Bonchev–Trinajstić information content (AvgIpc) is 2.98. The predicted octanol–water partition coefficient (Wildman–Crippen LogP) is 5.49. The van der Waals surface area contributed by atoms with Gasteiger partial charge in [-0.1, -0.05) is 81.4 Å². The maximum Gasteiger partial charge on any atom is 0.123 e. The van der Waals surface area contributed by atoms with Crippen molar-refractivity contribution >= 4 is 23.0 Å². The van der Waals surface area contributed by atoms with E-state index in [1.54, 1.807) is 12.2 Å². The molecule has 0 fully saturated rings. The number of halogens is 1. The molecule has 1 atom stereocenters. The third kappa shape index (κ3) is 4.87. The van der Waals surface area contributed by atoms with Crippen molar-refractivity contribution in [3.05, 3.63) is 77.1 Å². The van der Waals surface area contributed by atoms with E-state index in [2.05, 4.69) is 49.4 Å². The number of rotatable bonds is 10. The van der Waals surface area contributed by atoms with Crippen molar-refractivity contribution in [1.29, 1.82) is 5.41 Å². The van der Waals surface area contributed by atoms with E-state index in [1.807, 2.05) is 12.1 Å². The molecule has 0 spiro atoms. The summed E-state index contributed by atoms with van der Waals surface area (Å²) in [5.74, 6) is -0.0109. The molecular weight excluding hydrogens is 368 g/mol. The first-order valence-corrected chi connectivity index (χ1v) is 10.2. The fourth-order valence-corrected chi connectivity index (χ4v) is 3.91. The highest BCUT2D eigenvalue weighted by Gasteiger charge is 2.28. The lowest BCUT2D eigenvalue weighted by atomic mass is 9.98. The molecule has 0 radical (unpaired) electrons. The van der Waals surface area contributed by atoms with Crippen LogP contribution in [0.1, 0.15) is 50.7 Å². The monoisotopic (exact) mass is 398 g/mol. The molecule has 1 aliphatic rings. The van der Waals surface area contributed by atoms with Crippen LogP contribution in [-0.4, -0.2) is 16.9 Å². The van der Waals surface area contributed by atoms with Crippen molar-refractivity contribution in [2.75, 3.05) is 0 Å². The summed E-state index contributed by atoms with van der Waals surface area (Å²) >= 11 is 6.45. The van der Waals surface area contributed by atoms with Crippen molar-refractivity contribution < 1.29 is 0 Å². The molecule has 1 aromatic carbocycles. The summed E-state index contributed by atoms with van der Waals surface area (Å²) in [5, 5.41) is 11.9. The van der Waals surface area contributed by atoms with Gasteiger partial charge in [0.05, 0.1) is 11.9 Å². The van der Waals surface area contributed by atoms with Gasteiger partial charge in [-0.25, -0.2) is 0 Å². The number of nitrogens with two attached hydrogens (primary N) is 1. The van der Waals surface area contributed by atoms with Gasteiger partial charge in [0, 0.05) is 12.1 Å². The van der Waals surface area contributed by atoms with Gasteiger partial charge in [0.1, 0.15) is 11.0 Å². The molecule has 5 heteroatoms. The normalized spacial score (nSPS) is 17.2. The van der Waals surface area contributed by atoms with Gasteiger partial charge in [-0.2, -0.15) is 0 Å². The molecule has 4 N–H and O–H groups in total. The second kappa shape index (κ2) is 10.2. The zero-order chi connectivity index (χ0) is 20.7. The van der Waals surface area contributed by atoms with Gasteiger partial charge in [0.25, 0.3) is 0 Å². The zero-order valence-corrected chi connectivity index (χ0v) is 17.6. The minimum Gasteiger partial charge on any atom is -0.384 e. The molecule has 1 heterocycles. The molecule has 0 aromatic heterocycles. The standard InChI is InChI=1S/C23H31ClN4/c1-5-9-10-21-27-22(24)20(8-4)28(21)15-16-11-13-17(14-12-16)18(6-2)19(7-3)23(25)26/h6-7,11-14,21,27H,2-3,5,8-10,15H2,1,4H3,(H3,25,26)/b19-18-. The molecule has 150 valence electrons. The van der Waals surface area contributed by atoms with Gasteiger partial charge in [0.2, 0.25) is 0 Å². The lowest BCUT2D eigenvalue weighted by Crippen LogP contribution is -2.36. The highest BCUT2D eigenvalue weighted by Crippen LogP contribution is 2.30. The summed E-state index contributed by atoms with van der Waals surface area (Å²) in [6.45, 7) is 12.8. The van der Waals surface area contributed by atoms with Crippen LogP contribution in [0.2, 0.25) is 0 Å². The van der Waals surface area contributed by atoms with Crippen LogP contribution in [0, 0.1) is 5.41 Å². The average molecular weight is 399 g/mol. The Morgan fingerprint density at radius 3 is 2.43 bits per heavy atom. The number of hydrogen-bond donors (Lipinski definition) is 3. The van der Waals surface area contributed by atoms with E-state index in [4.69, 9.17) is 22.7 Å². The molecule has 0 bridgehead atoms. The quantitative estimate of drug-likeness (QED) is 0.211. The Bertz CT molecular complexity index is 789. The van der Waals surface area contributed by atoms with Gasteiger partial charge in [-0.3, -0.25) is 5.41 Å². The summed E-state index contributed by atoms with van der Waals surface area (Å²) in [6.07, 6.45) is 7.86. The van der Waals surface area contributed by atoms with Crippen LogP contribution < -0.4 is 11.1 Å². The van der Waals surface area contributed by atoms with E-state index < -0.39 is 0 Å². The molecule has 0 aliphatic carbocycles. The third-order valence-electron chi connectivity index (χ3n) is 5.04. The van der Waals surface area contributed by atoms with E-state index in [0.717, 1.165) is 48.5 Å². The first-order valence-electron chi connectivity index (χ1n) is 9.81. The van der Waals surface area contributed by atoms with Gasteiger partial charge in [-0.15, -0.1) is 0 Å². The van der Waals surface area contributed by atoms with Crippen molar-refractivity contribution in [2.24, 2.45) is 5.73 Å². The topological polar surface area (TPSA) is 65.1 Å². The van der Waals surface area contributed by atoms with Crippen LogP contribution in [-0.2, 0) is 6.54 Å². The fraction of sp³-hybridized carbons (Fsp3) is 0.348. The van der Waals surface area contributed by atoms with Crippen LogP contribution >= 0.6 is 11.6 Å². The zero-order valence-electron chi connectivity index (χ0n) is 16.9. The summed E-state index contributed by atoms with van der Waals surface area (Å²) in [7, 11) is 0. The maximum absolute atomic E-state index is 7.74. The minimum atomic E-state index is -0.0109. The van der Waals surface area contributed by atoms with E-state index in [9.17, 15) is 0 Å². The number of unbranched alkanes of at least 4 members (excludes halogenated alkanes) is 1. The van der Waals surface area contributed by atoms with Crippen LogP contribution in [0.4, 0.5) is 0 Å². The molecule has 1 unspecified atom stereocenters. The first kappa shape index (κ1) is 21.8. The van der Waals surface area contributed by atoms with E-state index >= 15 is 0 Å². The molecule has 1 aliphatic heterocycles. The largest absolute Gasteiger partial charge is 0.384 e. The number of benzene rings is 1. The Labute approximate surface area is 174 Å². The molecular formula is C23H31ClN4. The Balaban J connectivity index is 2.26. The summed E-state index contributed by atoms with van der Waals surface area (Å²) < 4.78 is 0. The van der Waals surface area contributed by atoms with Crippen LogP contribution in [0.3, 0.4) is 0 Å². The Kier molecular flexibility index (Phi) is 7.94. The highest BCUT2D eigenvalue weighted by atomic mass is 35.5. The van der Waals surface area contributed by atoms with Gasteiger partial charge >= 0.3 is 0 Å².